The van der Waals surface area contributed by atoms with Crippen LogP contribution in [0.1, 0.15) is 32.1 Å². The molecule has 15 heavy (non-hydrogen) atoms. The molecule has 0 aromatic heterocycles. The van der Waals surface area contributed by atoms with Crippen molar-refractivity contribution in [2.75, 3.05) is 32.7 Å². The molecule has 2 atom stereocenters. The van der Waals surface area contributed by atoms with Crippen molar-refractivity contribution >= 4 is 0 Å². The van der Waals surface area contributed by atoms with Gasteiger partial charge < -0.3 is 16.0 Å². The third kappa shape index (κ3) is 3.16. The SMILES string of the molecule is NCC1CCNC1CCN1CCCCC1. The summed E-state index contributed by atoms with van der Waals surface area (Å²) in [5.41, 5.74) is 5.78. The molecule has 2 fully saturated rings. The predicted octanol–water partition coefficient (Wildman–Crippen LogP) is 0.799. The highest BCUT2D eigenvalue weighted by Crippen LogP contribution is 2.18. The summed E-state index contributed by atoms with van der Waals surface area (Å²) < 4.78 is 0. The van der Waals surface area contributed by atoms with Crippen LogP contribution < -0.4 is 11.1 Å². The van der Waals surface area contributed by atoms with Gasteiger partial charge in [-0.2, -0.15) is 0 Å². The molecule has 0 aliphatic carbocycles. The molecule has 2 rings (SSSR count). The molecule has 88 valence electrons. The number of hydrogen-bond acceptors (Lipinski definition) is 3. The Balaban J connectivity index is 1.67. The lowest BCUT2D eigenvalue weighted by Gasteiger charge is -2.28. The molecule has 0 amide bonds. The van der Waals surface area contributed by atoms with E-state index in [1.54, 1.807) is 0 Å². The van der Waals surface area contributed by atoms with E-state index in [1.165, 1.54) is 58.3 Å². The number of nitrogens with zero attached hydrogens (tertiary/aromatic N) is 1. The first kappa shape index (κ1) is 11.4. The monoisotopic (exact) mass is 211 g/mol. The molecule has 2 unspecified atom stereocenters. The highest BCUT2D eigenvalue weighted by atomic mass is 15.1. The van der Waals surface area contributed by atoms with Gasteiger partial charge >= 0.3 is 0 Å². The van der Waals surface area contributed by atoms with Crippen LogP contribution in [0.4, 0.5) is 0 Å². The number of piperidine rings is 1. The van der Waals surface area contributed by atoms with E-state index in [1.807, 2.05) is 0 Å². The Morgan fingerprint density at radius 3 is 2.73 bits per heavy atom. The van der Waals surface area contributed by atoms with Crippen LogP contribution >= 0.6 is 0 Å². The van der Waals surface area contributed by atoms with Crippen LogP contribution in [0, 0.1) is 5.92 Å². The quantitative estimate of drug-likeness (QED) is 0.723. The standard InChI is InChI=1S/C12H25N3/c13-10-11-4-6-14-12(11)5-9-15-7-2-1-3-8-15/h11-12,14H,1-10,13H2. The van der Waals surface area contributed by atoms with Gasteiger partial charge in [-0.25, -0.2) is 0 Å². The third-order valence-electron chi connectivity index (χ3n) is 4.00. The number of rotatable bonds is 4. The lowest BCUT2D eigenvalue weighted by Crippen LogP contribution is -2.37. The van der Waals surface area contributed by atoms with Gasteiger partial charge in [-0.3, -0.25) is 0 Å². The molecule has 3 heteroatoms. The molecule has 2 saturated heterocycles. The van der Waals surface area contributed by atoms with Crippen LogP contribution in [-0.4, -0.2) is 43.7 Å². The zero-order chi connectivity index (χ0) is 10.5. The Morgan fingerprint density at radius 2 is 2.00 bits per heavy atom. The zero-order valence-corrected chi connectivity index (χ0v) is 9.75. The van der Waals surface area contributed by atoms with Gasteiger partial charge in [0.15, 0.2) is 0 Å². The number of nitrogens with two attached hydrogens (primary N) is 1. The van der Waals surface area contributed by atoms with E-state index < -0.39 is 0 Å². The second kappa shape index (κ2) is 5.83. The highest BCUT2D eigenvalue weighted by Gasteiger charge is 2.25. The summed E-state index contributed by atoms with van der Waals surface area (Å²) >= 11 is 0. The Labute approximate surface area is 93.4 Å². The summed E-state index contributed by atoms with van der Waals surface area (Å²) in [6, 6.07) is 0.692. The Morgan fingerprint density at radius 1 is 1.20 bits per heavy atom. The van der Waals surface area contributed by atoms with Crippen LogP contribution in [0.15, 0.2) is 0 Å². The molecular weight excluding hydrogens is 186 g/mol. The summed E-state index contributed by atoms with van der Waals surface area (Å²) in [6.07, 6.45) is 6.81. The maximum atomic E-state index is 5.78. The highest BCUT2D eigenvalue weighted by molar-refractivity contribution is 4.85. The Hall–Kier alpha value is -0.120. The van der Waals surface area contributed by atoms with Crippen molar-refractivity contribution < 1.29 is 0 Å². The number of nitrogens with one attached hydrogen (secondary N) is 1. The average molecular weight is 211 g/mol. The zero-order valence-electron chi connectivity index (χ0n) is 9.75. The molecule has 0 radical (unpaired) electrons. The second-order valence-corrected chi connectivity index (χ2v) is 5.04. The van der Waals surface area contributed by atoms with Crippen molar-refractivity contribution in [1.82, 2.24) is 10.2 Å². The fraction of sp³-hybridized carbons (Fsp3) is 1.00. The molecule has 3 N–H and O–H groups in total. The normalized spacial score (nSPS) is 33.4. The molecule has 0 spiro atoms. The van der Waals surface area contributed by atoms with Crippen molar-refractivity contribution in [3.05, 3.63) is 0 Å². The Bertz CT molecular complexity index is 178. The Kier molecular flexibility index (Phi) is 4.42. The maximum absolute atomic E-state index is 5.78. The molecule has 3 nitrogen and oxygen atoms in total. The molecule has 2 aliphatic heterocycles. The fourth-order valence-corrected chi connectivity index (χ4v) is 2.95. The van der Waals surface area contributed by atoms with Crippen LogP contribution in [0.5, 0.6) is 0 Å². The lowest BCUT2D eigenvalue weighted by molar-refractivity contribution is 0.213. The third-order valence-corrected chi connectivity index (χ3v) is 4.00. The van der Waals surface area contributed by atoms with Crippen molar-refractivity contribution in [3.8, 4) is 0 Å². The minimum Gasteiger partial charge on any atom is -0.330 e. The van der Waals surface area contributed by atoms with Crippen LogP contribution in [-0.2, 0) is 0 Å². The van der Waals surface area contributed by atoms with Crippen molar-refractivity contribution in [2.45, 2.75) is 38.1 Å². The first-order chi connectivity index (χ1) is 7.40. The largest absolute Gasteiger partial charge is 0.330 e. The minimum absolute atomic E-state index is 0.692. The van der Waals surface area contributed by atoms with Gasteiger partial charge in [0, 0.05) is 6.04 Å². The second-order valence-electron chi connectivity index (χ2n) is 5.04. The minimum atomic E-state index is 0.692. The molecule has 0 aromatic carbocycles. The molecule has 0 saturated carbocycles. The van der Waals surface area contributed by atoms with Gasteiger partial charge in [0.25, 0.3) is 0 Å². The summed E-state index contributed by atoms with van der Waals surface area (Å²) in [6.45, 7) is 5.94. The smallest absolute Gasteiger partial charge is 0.0120 e. The van der Waals surface area contributed by atoms with E-state index in [4.69, 9.17) is 5.73 Å². The van der Waals surface area contributed by atoms with E-state index in [0.717, 1.165) is 12.5 Å². The topological polar surface area (TPSA) is 41.3 Å². The molecule has 2 heterocycles. The molecule has 2 aliphatic rings. The molecular formula is C12H25N3. The van der Waals surface area contributed by atoms with Gasteiger partial charge in [0.2, 0.25) is 0 Å². The van der Waals surface area contributed by atoms with Gasteiger partial charge in [0.05, 0.1) is 0 Å². The number of likely N-dealkylation sites (tertiary alicyclic amines) is 1. The summed E-state index contributed by atoms with van der Waals surface area (Å²) in [5.74, 6) is 0.731. The summed E-state index contributed by atoms with van der Waals surface area (Å²) in [5, 5.41) is 3.59. The number of hydrogen-bond donors (Lipinski definition) is 2. The van der Waals surface area contributed by atoms with Crippen molar-refractivity contribution in [2.24, 2.45) is 11.7 Å². The summed E-state index contributed by atoms with van der Waals surface area (Å²) in [7, 11) is 0. The van der Waals surface area contributed by atoms with E-state index in [0.29, 0.717) is 6.04 Å². The molecule has 0 bridgehead atoms. The van der Waals surface area contributed by atoms with E-state index in [2.05, 4.69) is 10.2 Å². The fourth-order valence-electron chi connectivity index (χ4n) is 2.95. The van der Waals surface area contributed by atoms with Gasteiger partial charge in [0.1, 0.15) is 0 Å². The van der Waals surface area contributed by atoms with Crippen LogP contribution in [0.25, 0.3) is 0 Å². The average Bonchev–Trinajstić information content (AvgIpc) is 2.75. The summed E-state index contributed by atoms with van der Waals surface area (Å²) in [4.78, 5) is 2.62. The van der Waals surface area contributed by atoms with Crippen LogP contribution in [0.3, 0.4) is 0 Å². The lowest BCUT2D eigenvalue weighted by atomic mass is 9.98. The first-order valence-corrected chi connectivity index (χ1v) is 6.56. The first-order valence-electron chi connectivity index (χ1n) is 6.56. The van der Waals surface area contributed by atoms with E-state index in [-0.39, 0.29) is 0 Å². The van der Waals surface area contributed by atoms with Crippen LogP contribution in [0.2, 0.25) is 0 Å². The van der Waals surface area contributed by atoms with Crippen molar-refractivity contribution in [3.63, 3.8) is 0 Å². The van der Waals surface area contributed by atoms with Crippen molar-refractivity contribution in [1.29, 1.82) is 0 Å². The van der Waals surface area contributed by atoms with E-state index >= 15 is 0 Å². The van der Waals surface area contributed by atoms with Gasteiger partial charge in [-0.15, -0.1) is 0 Å². The van der Waals surface area contributed by atoms with E-state index in [9.17, 15) is 0 Å². The molecule has 0 aromatic rings. The maximum Gasteiger partial charge on any atom is 0.0120 e. The van der Waals surface area contributed by atoms with Gasteiger partial charge in [-0.1, -0.05) is 6.42 Å². The predicted molar refractivity (Wildman–Crippen MR) is 63.9 cm³/mol. The van der Waals surface area contributed by atoms with Gasteiger partial charge in [-0.05, 0) is 64.3 Å².